The summed E-state index contributed by atoms with van der Waals surface area (Å²) in [6.45, 7) is 2.77. The van der Waals surface area contributed by atoms with E-state index in [0.29, 0.717) is 5.69 Å². The molecule has 2 atom stereocenters. The van der Waals surface area contributed by atoms with E-state index in [4.69, 9.17) is 10.5 Å². The number of ether oxygens (including phenoxy) is 1. The molecule has 0 saturated carbocycles. The number of sulfonamides is 1. The van der Waals surface area contributed by atoms with Gasteiger partial charge in [0.2, 0.25) is 10.0 Å². The zero-order valence-corrected chi connectivity index (χ0v) is 12.8. The summed E-state index contributed by atoms with van der Waals surface area (Å²) in [4.78, 5) is 2.23. The Morgan fingerprint density at radius 2 is 2.15 bits per heavy atom. The highest BCUT2D eigenvalue weighted by Crippen LogP contribution is 2.30. The van der Waals surface area contributed by atoms with Gasteiger partial charge >= 0.3 is 0 Å². The normalized spacial score (nSPS) is 22.9. The van der Waals surface area contributed by atoms with Crippen LogP contribution in [-0.2, 0) is 14.8 Å². The minimum atomic E-state index is -3.47. The summed E-state index contributed by atoms with van der Waals surface area (Å²) >= 11 is 0. The molecular formula is C13H21N3O3S. The predicted molar refractivity (Wildman–Crippen MR) is 79.3 cm³/mol. The average molecular weight is 299 g/mol. The molecule has 7 heteroatoms. The molecule has 1 heterocycles. The van der Waals surface area contributed by atoms with Crippen LogP contribution in [0.25, 0.3) is 0 Å². The first-order chi connectivity index (χ1) is 9.36. The largest absolute Gasteiger partial charge is 0.397 e. The van der Waals surface area contributed by atoms with Gasteiger partial charge in [0.1, 0.15) is 0 Å². The standard InChI is InChI=1S/C13H21N3O3S/c1-9-12(6-7-19-9)16(3)13-5-4-10(8-11(13)14)20(17,18)15-2/h4-5,8-9,12,15H,6-7,14H2,1-3H3. The number of anilines is 2. The number of hydrogen-bond acceptors (Lipinski definition) is 5. The number of nitrogens with one attached hydrogen (secondary N) is 1. The summed E-state index contributed by atoms with van der Waals surface area (Å²) in [5, 5.41) is 0. The predicted octanol–water partition coefficient (Wildman–Crippen LogP) is 0.791. The van der Waals surface area contributed by atoms with Crippen molar-refractivity contribution in [2.45, 2.75) is 30.4 Å². The minimum Gasteiger partial charge on any atom is -0.397 e. The fourth-order valence-electron chi connectivity index (χ4n) is 2.55. The monoisotopic (exact) mass is 299 g/mol. The Kier molecular flexibility index (Phi) is 4.22. The van der Waals surface area contributed by atoms with Crippen LogP contribution in [0.15, 0.2) is 23.1 Å². The minimum absolute atomic E-state index is 0.139. The Labute approximate surface area is 120 Å². The van der Waals surface area contributed by atoms with Gasteiger partial charge in [-0.05, 0) is 38.6 Å². The van der Waals surface area contributed by atoms with Crippen LogP contribution in [0.3, 0.4) is 0 Å². The van der Waals surface area contributed by atoms with E-state index in [2.05, 4.69) is 9.62 Å². The van der Waals surface area contributed by atoms with Gasteiger partial charge in [0.15, 0.2) is 0 Å². The number of hydrogen-bond donors (Lipinski definition) is 2. The third-order valence-corrected chi connectivity index (χ3v) is 5.20. The Balaban J connectivity index is 2.30. The molecule has 1 saturated heterocycles. The smallest absolute Gasteiger partial charge is 0.240 e. The van der Waals surface area contributed by atoms with Crippen LogP contribution in [0.4, 0.5) is 11.4 Å². The lowest BCUT2D eigenvalue weighted by Gasteiger charge is -2.30. The van der Waals surface area contributed by atoms with Gasteiger partial charge < -0.3 is 15.4 Å². The van der Waals surface area contributed by atoms with E-state index in [0.717, 1.165) is 18.7 Å². The van der Waals surface area contributed by atoms with Crippen molar-refractivity contribution < 1.29 is 13.2 Å². The molecular weight excluding hydrogens is 278 g/mol. The Bertz CT molecular complexity index is 589. The number of nitrogen functional groups attached to an aromatic ring is 1. The van der Waals surface area contributed by atoms with E-state index in [-0.39, 0.29) is 17.0 Å². The average Bonchev–Trinajstić information content (AvgIpc) is 2.84. The zero-order valence-electron chi connectivity index (χ0n) is 12.0. The molecule has 1 aromatic rings. The zero-order chi connectivity index (χ0) is 14.9. The number of nitrogens with two attached hydrogens (primary N) is 1. The van der Waals surface area contributed by atoms with E-state index in [9.17, 15) is 8.42 Å². The highest BCUT2D eigenvalue weighted by molar-refractivity contribution is 7.89. The molecule has 1 aliphatic heterocycles. The Hall–Kier alpha value is -1.31. The second kappa shape index (κ2) is 5.59. The van der Waals surface area contributed by atoms with Crippen LogP contribution >= 0.6 is 0 Å². The second-order valence-corrected chi connectivity index (χ2v) is 6.86. The SMILES string of the molecule is CNS(=O)(=O)c1ccc(N(C)C2CCOC2C)c(N)c1. The third kappa shape index (κ3) is 2.74. The quantitative estimate of drug-likeness (QED) is 0.803. The summed E-state index contributed by atoms with van der Waals surface area (Å²) in [6.07, 6.45) is 1.08. The van der Waals surface area contributed by atoms with Crippen LogP contribution in [-0.4, -0.2) is 41.3 Å². The van der Waals surface area contributed by atoms with Crippen LogP contribution < -0.4 is 15.4 Å². The van der Waals surface area contributed by atoms with Crippen molar-refractivity contribution in [3.8, 4) is 0 Å². The molecule has 0 amide bonds. The Morgan fingerprint density at radius 3 is 2.65 bits per heavy atom. The van der Waals surface area contributed by atoms with E-state index < -0.39 is 10.0 Å². The molecule has 1 aromatic carbocycles. The molecule has 0 spiro atoms. The molecule has 20 heavy (non-hydrogen) atoms. The molecule has 0 aliphatic carbocycles. The summed E-state index contributed by atoms with van der Waals surface area (Å²) in [7, 11) is -0.136. The number of benzene rings is 1. The number of rotatable bonds is 4. The summed E-state index contributed by atoms with van der Waals surface area (Å²) in [5.41, 5.74) is 7.28. The lowest BCUT2D eigenvalue weighted by Crippen LogP contribution is -2.37. The van der Waals surface area contributed by atoms with Crippen LogP contribution in [0.5, 0.6) is 0 Å². The van der Waals surface area contributed by atoms with Crippen molar-refractivity contribution in [3.05, 3.63) is 18.2 Å². The van der Waals surface area contributed by atoms with Gasteiger partial charge in [-0.25, -0.2) is 13.1 Å². The first-order valence-corrected chi connectivity index (χ1v) is 8.02. The first-order valence-electron chi connectivity index (χ1n) is 6.54. The van der Waals surface area contributed by atoms with Crippen molar-refractivity contribution in [3.63, 3.8) is 0 Å². The molecule has 112 valence electrons. The molecule has 0 aromatic heterocycles. The van der Waals surface area contributed by atoms with Gasteiger partial charge in [0.05, 0.1) is 28.4 Å². The van der Waals surface area contributed by atoms with Gasteiger partial charge in [-0.15, -0.1) is 0 Å². The van der Waals surface area contributed by atoms with Gasteiger partial charge in [-0.2, -0.15) is 0 Å². The summed E-state index contributed by atoms with van der Waals surface area (Å²) in [5.74, 6) is 0. The molecule has 0 bridgehead atoms. The first kappa shape index (κ1) is 15.1. The van der Waals surface area contributed by atoms with E-state index in [1.54, 1.807) is 12.1 Å². The highest BCUT2D eigenvalue weighted by atomic mass is 32.2. The number of nitrogens with zero attached hydrogens (tertiary/aromatic N) is 1. The summed E-state index contributed by atoms with van der Waals surface area (Å²) in [6, 6.07) is 5.04. The fraction of sp³-hybridized carbons (Fsp3) is 0.538. The van der Waals surface area contributed by atoms with Crippen molar-refractivity contribution in [1.29, 1.82) is 0 Å². The van der Waals surface area contributed by atoms with E-state index in [1.807, 2.05) is 14.0 Å². The molecule has 1 aliphatic rings. The molecule has 6 nitrogen and oxygen atoms in total. The van der Waals surface area contributed by atoms with Crippen LogP contribution in [0, 0.1) is 0 Å². The maximum atomic E-state index is 11.7. The Morgan fingerprint density at radius 1 is 1.45 bits per heavy atom. The maximum absolute atomic E-state index is 11.7. The maximum Gasteiger partial charge on any atom is 0.240 e. The van der Waals surface area contributed by atoms with Crippen LogP contribution in [0.1, 0.15) is 13.3 Å². The van der Waals surface area contributed by atoms with Gasteiger partial charge in [0.25, 0.3) is 0 Å². The molecule has 3 N–H and O–H groups in total. The van der Waals surface area contributed by atoms with Crippen molar-refractivity contribution in [2.75, 3.05) is 31.3 Å². The second-order valence-electron chi connectivity index (χ2n) is 4.97. The van der Waals surface area contributed by atoms with Crippen molar-refractivity contribution in [1.82, 2.24) is 4.72 Å². The molecule has 2 rings (SSSR count). The third-order valence-electron chi connectivity index (χ3n) is 3.79. The van der Waals surface area contributed by atoms with Gasteiger partial charge in [-0.3, -0.25) is 0 Å². The van der Waals surface area contributed by atoms with Crippen molar-refractivity contribution in [2.24, 2.45) is 0 Å². The van der Waals surface area contributed by atoms with Gasteiger partial charge in [0, 0.05) is 13.7 Å². The lowest BCUT2D eigenvalue weighted by atomic mass is 10.1. The summed E-state index contributed by atoms with van der Waals surface area (Å²) < 4.78 is 31.3. The van der Waals surface area contributed by atoms with Crippen LogP contribution in [0.2, 0.25) is 0 Å². The van der Waals surface area contributed by atoms with Crippen molar-refractivity contribution >= 4 is 21.4 Å². The topological polar surface area (TPSA) is 84.7 Å². The van der Waals surface area contributed by atoms with E-state index >= 15 is 0 Å². The van der Waals surface area contributed by atoms with E-state index in [1.165, 1.54) is 13.1 Å². The fourth-order valence-corrected chi connectivity index (χ4v) is 3.31. The van der Waals surface area contributed by atoms with Gasteiger partial charge in [-0.1, -0.05) is 0 Å². The highest BCUT2D eigenvalue weighted by Gasteiger charge is 2.29. The molecule has 2 unspecified atom stereocenters. The molecule has 1 fully saturated rings. The molecule has 0 radical (unpaired) electrons. The number of likely N-dealkylation sites (N-methyl/N-ethyl adjacent to an activating group) is 1. The lowest BCUT2D eigenvalue weighted by molar-refractivity contribution is 0.118.